The first-order chi connectivity index (χ1) is 20.7. The minimum atomic E-state index is -0.645. The Balaban J connectivity index is 1.27. The van der Waals surface area contributed by atoms with Crippen LogP contribution in [0.2, 0.25) is 0 Å². The number of fused-ring (bicyclic) bond motifs is 1. The van der Waals surface area contributed by atoms with Gasteiger partial charge in [0.15, 0.2) is 23.1 Å². The van der Waals surface area contributed by atoms with Crippen LogP contribution < -0.4 is 10.3 Å². The number of aryl methyl sites for hydroxylation is 3. The Morgan fingerprint density at radius 1 is 0.814 bits per heavy atom. The molecule has 0 saturated heterocycles. The van der Waals surface area contributed by atoms with Crippen LogP contribution in [-0.2, 0) is 6.42 Å². The molecule has 0 amide bonds. The second kappa shape index (κ2) is 11.1. The molecule has 43 heavy (non-hydrogen) atoms. The van der Waals surface area contributed by atoms with Gasteiger partial charge in [-0.05, 0) is 97.1 Å². The quantitative estimate of drug-likeness (QED) is 0.184. The van der Waals surface area contributed by atoms with Crippen molar-refractivity contribution in [1.29, 1.82) is 0 Å². The molecule has 3 aromatic heterocycles. The topological polar surface area (TPSA) is 65.6 Å². The fraction of sp³-hybridized carbons (Fsp3) is 0.114. The van der Waals surface area contributed by atoms with Gasteiger partial charge in [0.05, 0.1) is 11.8 Å². The first-order valence-corrected chi connectivity index (χ1v) is 13.7. The highest BCUT2D eigenvalue weighted by atomic mass is 19.1. The van der Waals surface area contributed by atoms with Crippen molar-refractivity contribution >= 4 is 11.3 Å². The number of hydrogen-bond acceptors (Lipinski definition) is 4. The van der Waals surface area contributed by atoms with Gasteiger partial charge >= 0.3 is 0 Å². The standard InChI is InChI=1S/C35H27F2N3O3/c1-21-4-6-25(18-23(21)3)28-14-17-40-34(28)32(12-15-38-40)43-31-11-5-24(19-29(31)37)20-30(41)33-22(2)13-16-39(35(33)42)27-9-7-26(36)8-10-27/h4-19H,20H2,1-3H3. The van der Waals surface area contributed by atoms with E-state index in [1.54, 1.807) is 42.0 Å². The molecule has 0 radical (unpaired) electrons. The molecule has 3 aromatic carbocycles. The number of ketones is 1. The highest BCUT2D eigenvalue weighted by Gasteiger charge is 2.19. The number of carbonyl (C=O) groups excluding carboxylic acids is 1. The van der Waals surface area contributed by atoms with E-state index in [4.69, 9.17) is 4.74 Å². The summed E-state index contributed by atoms with van der Waals surface area (Å²) in [6, 6.07) is 21.2. The van der Waals surface area contributed by atoms with Crippen LogP contribution in [0.25, 0.3) is 22.3 Å². The third-order valence-electron chi connectivity index (χ3n) is 7.60. The third kappa shape index (κ3) is 5.35. The molecular weight excluding hydrogens is 548 g/mol. The van der Waals surface area contributed by atoms with Crippen molar-refractivity contribution in [2.75, 3.05) is 0 Å². The van der Waals surface area contributed by atoms with Crippen LogP contribution >= 0.6 is 0 Å². The average Bonchev–Trinajstić information content (AvgIpc) is 3.42. The Kier molecular flexibility index (Phi) is 7.19. The van der Waals surface area contributed by atoms with E-state index >= 15 is 4.39 Å². The number of benzene rings is 3. The molecule has 0 saturated carbocycles. The van der Waals surface area contributed by atoms with Crippen molar-refractivity contribution in [3.05, 3.63) is 147 Å². The van der Waals surface area contributed by atoms with E-state index in [-0.39, 0.29) is 17.7 Å². The van der Waals surface area contributed by atoms with Crippen molar-refractivity contribution in [3.8, 4) is 28.3 Å². The fourth-order valence-corrected chi connectivity index (χ4v) is 5.14. The summed E-state index contributed by atoms with van der Waals surface area (Å²) in [5.41, 5.74) is 5.73. The molecule has 6 nitrogen and oxygen atoms in total. The monoisotopic (exact) mass is 575 g/mol. The number of pyridine rings is 1. The van der Waals surface area contributed by atoms with Crippen LogP contribution in [0.1, 0.15) is 32.6 Å². The van der Waals surface area contributed by atoms with Gasteiger partial charge in [-0.1, -0.05) is 24.3 Å². The van der Waals surface area contributed by atoms with E-state index in [2.05, 4.69) is 31.1 Å². The van der Waals surface area contributed by atoms with Gasteiger partial charge in [0.2, 0.25) is 0 Å². The summed E-state index contributed by atoms with van der Waals surface area (Å²) in [6.07, 6.45) is 4.77. The molecule has 6 aromatic rings. The number of rotatable bonds is 7. The largest absolute Gasteiger partial charge is 0.452 e. The Morgan fingerprint density at radius 3 is 2.35 bits per heavy atom. The van der Waals surface area contributed by atoms with E-state index in [9.17, 15) is 14.0 Å². The van der Waals surface area contributed by atoms with Crippen LogP contribution in [-0.4, -0.2) is 20.0 Å². The van der Waals surface area contributed by atoms with Crippen LogP contribution in [0, 0.1) is 32.4 Å². The molecule has 6 rings (SSSR count). The summed E-state index contributed by atoms with van der Waals surface area (Å²) in [5.74, 6) is -1.11. The van der Waals surface area contributed by atoms with Gasteiger partial charge in [-0.2, -0.15) is 5.10 Å². The van der Waals surface area contributed by atoms with E-state index < -0.39 is 23.0 Å². The molecule has 3 heterocycles. The predicted molar refractivity (Wildman–Crippen MR) is 161 cm³/mol. The van der Waals surface area contributed by atoms with Crippen LogP contribution in [0.3, 0.4) is 0 Å². The highest BCUT2D eigenvalue weighted by Crippen LogP contribution is 2.35. The number of hydrogen-bond donors (Lipinski definition) is 0. The summed E-state index contributed by atoms with van der Waals surface area (Å²) in [5, 5.41) is 4.37. The maximum atomic E-state index is 15.4. The maximum Gasteiger partial charge on any atom is 0.266 e. The summed E-state index contributed by atoms with van der Waals surface area (Å²) in [4.78, 5) is 26.5. The lowest BCUT2D eigenvalue weighted by Crippen LogP contribution is -2.27. The lowest BCUT2D eigenvalue weighted by atomic mass is 10.0. The van der Waals surface area contributed by atoms with Gasteiger partial charge in [0.25, 0.3) is 5.56 Å². The molecule has 0 unspecified atom stereocenters. The van der Waals surface area contributed by atoms with Gasteiger partial charge in [-0.15, -0.1) is 0 Å². The number of ether oxygens (including phenoxy) is 1. The molecule has 0 bridgehead atoms. The molecule has 0 atom stereocenters. The smallest absolute Gasteiger partial charge is 0.266 e. The van der Waals surface area contributed by atoms with Gasteiger partial charge < -0.3 is 4.74 Å². The lowest BCUT2D eigenvalue weighted by molar-refractivity contribution is 0.0990. The third-order valence-corrected chi connectivity index (χ3v) is 7.60. The lowest BCUT2D eigenvalue weighted by Gasteiger charge is -2.12. The minimum absolute atomic E-state index is 0.00107. The Hall–Kier alpha value is -5.37. The molecule has 0 aliphatic carbocycles. The summed E-state index contributed by atoms with van der Waals surface area (Å²) >= 11 is 0. The number of nitrogens with zero attached hydrogens (tertiary/aromatic N) is 3. The van der Waals surface area contributed by atoms with Crippen molar-refractivity contribution in [1.82, 2.24) is 14.2 Å². The van der Waals surface area contributed by atoms with E-state index in [0.717, 1.165) is 16.7 Å². The average molecular weight is 576 g/mol. The van der Waals surface area contributed by atoms with E-state index in [1.807, 2.05) is 18.3 Å². The van der Waals surface area contributed by atoms with E-state index in [1.165, 1.54) is 46.5 Å². The van der Waals surface area contributed by atoms with Crippen molar-refractivity contribution < 1.29 is 18.3 Å². The Morgan fingerprint density at radius 2 is 1.60 bits per heavy atom. The normalized spacial score (nSPS) is 11.2. The molecule has 214 valence electrons. The van der Waals surface area contributed by atoms with Crippen LogP contribution in [0.4, 0.5) is 8.78 Å². The number of halogens is 2. The van der Waals surface area contributed by atoms with Gasteiger partial charge in [-0.25, -0.2) is 13.3 Å². The first-order valence-electron chi connectivity index (χ1n) is 13.7. The van der Waals surface area contributed by atoms with Gasteiger partial charge in [0.1, 0.15) is 11.3 Å². The zero-order valence-corrected chi connectivity index (χ0v) is 23.8. The second-order valence-electron chi connectivity index (χ2n) is 10.5. The fourth-order valence-electron chi connectivity index (χ4n) is 5.14. The molecule has 8 heteroatoms. The Bertz CT molecular complexity index is 2080. The minimum Gasteiger partial charge on any atom is -0.452 e. The maximum absolute atomic E-state index is 15.4. The van der Waals surface area contributed by atoms with Crippen LogP contribution in [0.15, 0.2) is 102 Å². The molecular formula is C35H27F2N3O3. The van der Waals surface area contributed by atoms with Crippen molar-refractivity contribution in [3.63, 3.8) is 0 Å². The summed E-state index contributed by atoms with van der Waals surface area (Å²) in [6.45, 7) is 5.77. The highest BCUT2D eigenvalue weighted by molar-refractivity contribution is 5.98. The predicted octanol–water partition coefficient (Wildman–Crippen LogP) is 7.57. The first kappa shape index (κ1) is 27.8. The summed E-state index contributed by atoms with van der Waals surface area (Å²) < 4.78 is 37.8. The Labute approximate surface area is 246 Å². The van der Waals surface area contributed by atoms with Gasteiger partial charge in [0, 0.05) is 36.1 Å². The van der Waals surface area contributed by atoms with Gasteiger partial charge in [-0.3, -0.25) is 14.2 Å². The summed E-state index contributed by atoms with van der Waals surface area (Å²) in [7, 11) is 0. The number of carbonyl (C=O) groups is 1. The molecule has 0 aliphatic heterocycles. The molecule has 0 fully saturated rings. The molecule has 0 N–H and O–H groups in total. The SMILES string of the molecule is Cc1ccc(-c2ccn3nccc(Oc4ccc(CC(=O)c5c(C)ccn(-c6ccc(F)cc6)c5=O)cc4F)c23)cc1C. The molecule has 0 aliphatic rings. The zero-order valence-electron chi connectivity index (χ0n) is 23.8. The van der Waals surface area contributed by atoms with Crippen molar-refractivity contribution in [2.24, 2.45) is 0 Å². The van der Waals surface area contributed by atoms with E-state index in [0.29, 0.717) is 28.1 Å². The molecule has 0 spiro atoms. The number of Topliss-reactive ketones (excluding diaryl/α,β-unsaturated/α-hetero) is 1. The second-order valence-corrected chi connectivity index (χ2v) is 10.5. The van der Waals surface area contributed by atoms with Crippen LogP contribution in [0.5, 0.6) is 11.5 Å². The zero-order chi connectivity index (χ0) is 30.2. The number of aromatic nitrogens is 3. The van der Waals surface area contributed by atoms with Crippen molar-refractivity contribution in [2.45, 2.75) is 27.2 Å².